The van der Waals surface area contributed by atoms with Gasteiger partial charge in [0, 0.05) is 0 Å². The van der Waals surface area contributed by atoms with Gasteiger partial charge in [-0.25, -0.2) is 0 Å². The van der Waals surface area contributed by atoms with Crippen LogP contribution in [0.3, 0.4) is 0 Å². The third kappa shape index (κ3) is 2.34. The third-order valence-electron chi connectivity index (χ3n) is 0.765. The van der Waals surface area contributed by atoms with Gasteiger partial charge in [0.2, 0.25) is 0 Å². The third-order valence-corrected chi connectivity index (χ3v) is 2.87. The lowest BCUT2D eigenvalue weighted by atomic mass is 10.8. The maximum Gasteiger partial charge on any atom is 0.539 e. The molecular formula is C6H6N2S2. The Kier molecular flexibility index (Phi) is 4.92. The summed E-state index contributed by atoms with van der Waals surface area (Å²) in [5, 5.41) is 0. The molecule has 0 fully saturated rings. The highest BCUT2D eigenvalue weighted by Crippen LogP contribution is 2.28. The second-order valence-electron chi connectivity index (χ2n) is 1.24. The van der Waals surface area contributed by atoms with Gasteiger partial charge in [-0.15, -0.1) is 23.5 Å². The van der Waals surface area contributed by atoms with Crippen LogP contribution in [0.1, 0.15) is 0 Å². The zero-order chi connectivity index (χ0) is 7.98. The average molecular weight is 170 g/mol. The van der Waals surface area contributed by atoms with Crippen LogP contribution in [0.4, 0.5) is 0 Å². The monoisotopic (exact) mass is 170 g/mol. The van der Waals surface area contributed by atoms with Crippen molar-refractivity contribution in [1.82, 2.24) is 0 Å². The number of hydrogen-bond donors (Lipinski definition) is 0. The van der Waals surface area contributed by atoms with E-state index in [0.29, 0.717) is 0 Å². The number of rotatable bonds is 2. The van der Waals surface area contributed by atoms with Gasteiger partial charge in [0.25, 0.3) is 0 Å². The van der Waals surface area contributed by atoms with Gasteiger partial charge in [0.15, 0.2) is 0 Å². The lowest BCUT2D eigenvalue weighted by molar-refractivity contribution is 1.73. The van der Waals surface area contributed by atoms with Crippen LogP contribution in [0.2, 0.25) is 0 Å². The van der Waals surface area contributed by atoms with Crippen molar-refractivity contribution < 1.29 is 0 Å². The molecule has 0 atom stereocenters. The van der Waals surface area contributed by atoms with E-state index in [4.69, 9.17) is 13.1 Å². The Hall–Kier alpha value is -0.580. The Labute approximate surface area is 69.3 Å². The average Bonchev–Trinajstić information content (AvgIpc) is 2.00. The Morgan fingerprint density at radius 1 is 1.10 bits per heavy atom. The molecule has 10 heavy (non-hydrogen) atoms. The van der Waals surface area contributed by atoms with Crippen LogP contribution in [-0.2, 0) is 0 Å². The smallest absolute Gasteiger partial charge is 0.152 e. The van der Waals surface area contributed by atoms with Crippen LogP contribution < -0.4 is 0 Å². The molecule has 0 bridgehead atoms. The first-order valence-corrected chi connectivity index (χ1v) is 4.82. The van der Waals surface area contributed by atoms with Crippen LogP contribution >= 0.6 is 23.5 Å². The molecule has 0 aliphatic heterocycles. The van der Waals surface area contributed by atoms with Gasteiger partial charge in [-0.1, -0.05) is 0 Å². The largest absolute Gasteiger partial charge is 0.539 e. The molecule has 52 valence electrons. The van der Waals surface area contributed by atoms with E-state index in [1.165, 1.54) is 23.5 Å². The molecule has 0 unspecified atom stereocenters. The number of thioether (sulfide) groups is 2. The molecule has 0 saturated carbocycles. The summed E-state index contributed by atoms with van der Waals surface area (Å²) in [5.74, 6) is 0.181. The minimum absolute atomic E-state index is 0.181. The van der Waals surface area contributed by atoms with Crippen molar-refractivity contribution in [3.8, 4) is 0 Å². The van der Waals surface area contributed by atoms with E-state index >= 15 is 0 Å². The minimum Gasteiger partial charge on any atom is -0.152 e. The van der Waals surface area contributed by atoms with Crippen LogP contribution in [0.5, 0.6) is 0 Å². The van der Waals surface area contributed by atoms with Crippen molar-refractivity contribution in [3.05, 3.63) is 32.9 Å². The van der Waals surface area contributed by atoms with Crippen molar-refractivity contribution in [2.75, 3.05) is 12.5 Å². The maximum atomic E-state index is 6.62. The predicted molar refractivity (Wildman–Crippen MR) is 47.3 cm³/mol. The van der Waals surface area contributed by atoms with Crippen molar-refractivity contribution >= 4 is 23.5 Å². The SMILES string of the molecule is [C-]#[N+]C([N+]#[C-])=C(SC)SC. The van der Waals surface area contributed by atoms with Gasteiger partial charge in [-0.05, 0) is 12.5 Å². The second-order valence-corrected chi connectivity index (χ2v) is 3.13. The van der Waals surface area contributed by atoms with Crippen molar-refractivity contribution in [2.24, 2.45) is 0 Å². The zero-order valence-corrected chi connectivity index (χ0v) is 7.34. The summed E-state index contributed by atoms with van der Waals surface area (Å²) in [4.78, 5) is 6.16. The van der Waals surface area contributed by atoms with E-state index in [2.05, 4.69) is 9.69 Å². The van der Waals surface area contributed by atoms with Gasteiger partial charge in [0.05, 0.1) is 0 Å². The predicted octanol–water partition coefficient (Wildman–Crippen LogP) is 2.68. The molecule has 0 aromatic carbocycles. The molecule has 2 nitrogen and oxygen atoms in total. The number of hydrogen-bond acceptors (Lipinski definition) is 2. The molecule has 4 heteroatoms. The fourth-order valence-electron chi connectivity index (χ4n) is 0.382. The van der Waals surface area contributed by atoms with Gasteiger partial charge in [-0.3, -0.25) is 0 Å². The van der Waals surface area contributed by atoms with Crippen LogP contribution in [0.25, 0.3) is 9.69 Å². The molecule has 0 heterocycles. The highest BCUT2D eigenvalue weighted by molar-refractivity contribution is 8.21. The fourth-order valence-corrected chi connectivity index (χ4v) is 1.60. The molecule has 0 saturated heterocycles. The molecule has 0 rings (SSSR count). The second kappa shape index (κ2) is 5.22. The zero-order valence-electron chi connectivity index (χ0n) is 5.71. The van der Waals surface area contributed by atoms with Crippen molar-refractivity contribution in [2.45, 2.75) is 0 Å². The van der Waals surface area contributed by atoms with E-state index in [0.717, 1.165) is 4.24 Å². The van der Waals surface area contributed by atoms with Gasteiger partial charge in [0.1, 0.15) is 17.4 Å². The highest BCUT2D eigenvalue weighted by atomic mass is 32.2. The molecule has 0 aromatic heterocycles. The molecular weight excluding hydrogens is 164 g/mol. The summed E-state index contributed by atoms with van der Waals surface area (Å²) in [6.07, 6.45) is 3.73. The maximum absolute atomic E-state index is 6.62. The van der Waals surface area contributed by atoms with Gasteiger partial charge < -0.3 is 0 Å². The molecule has 0 amide bonds. The van der Waals surface area contributed by atoms with E-state index < -0.39 is 0 Å². The first-order valence-electron chi connectivity index (χ1n) is 2.37. The van der Waals surface area contributed by atoms with E-state index in [-0.39, 0.29) is 5.82 Å². The Morgan fingerprint density at radius 3 is 1.60 bits per heavy atom. The van der Waals surface area contributed by atoms with E-state index in [1.54, 1.807) is 0 Å². The van der Waals surface area contributed by atoms with Crippen molar-refractivity contribution in [1.29, 1.82) is 0 Å². The summed E-state index contributed by atoms with van der Waals surface area (Å²) < 4.78 is 0.796. The molecule has 0 aromatic rings. The summed E-state index contributed by atoms with van der Waals surface area (Å²) in [7, 11) is 0. The summed E-state index contributed by atoms with van der Waals surface area (Å²) in [6, 6.07) is 0. The molecule has 0 spiro atoms. The quantitative estimate of drug-likeness (QED) is 0.589. The topological polar surface area (TPSA) is 8.72 Å². The van der Waals surface area contributed by atoms with E-state index in [9.17, 15) is 0 Å². The lowest BCUT2D eigenvalue weighted by Gasteiger charge is -1.90. The molecule has 0 aliphatic rings. The van der Waals surface area contributed by atoms with Crippen LogP contribution in [0.15, 0.2) is 10.1 Å². The van der Waals surface area contributed by atoms with Crippen LogP contribution in [-0.4, -0.2) is 12.5 Å². The first kappa shape index (κ1) is 9.42. The van der Waals surface area contributed by atoms with Crippen molar-refractivity contribution in [3.63, 3.8) is 0 Å². The normalized spacial score (nSPS) is 7.60. The van der Waals surface area contributed by atoms with Gasteiger partial charge in [-0.2, -0.15) is 9.69 Å². The summed E-state index contributed by atoms with van der Waals surface area (Å²) >= 11 is 2.88. The molecule has 0 aliphatic carbocycles. The summed E-state index contributed by atoms with van der Waals surface area (Å²) in [6.45, 7) is 13.2. The minimum atomic E-state index is 0.181. The van der Waals surface area contributed by atoms with E-state index in [1.807, 2.05) is 12.5 Å². The fraction of sp³-hybridized carbons (Fsp3) is 0.333. The standard InChI is InChI=1S/C6H6N2S2/c1-7-5(8-2)6(9-3)10-4/h3-4H3. The first-order chi connectivity index (χ1) is 4.79. The Morgan fingerprint density at radius 2 is 1.50 bits per heavy atom. The van der Waals surface area contributed by atoms with Gasteiger partial charge >= 0.3 is 5.82 Å². The lowest BCUT2D eigenvalue weighted by Crippen LogP contribution is -1.70. The highest BCUT2D eigenvalue weighted by Gasteiger charge is 2.11. The molecule has 0 radical (unpaired) electrons. The summed E-state index contributed by atoms with van der Waals surface area (Å²) in [5.41, 5.74) is 0. The Balaban J connectivity index is 4.62. The number of nitrogens with zero attached hydrogens (tertiary/aromatic N) is 2. The van der Waals surface area contributed by atoms with Crippen LogP contribution in [0, 0.1) is 13.1 Å². The molecule has 0 N–H and O–H groups in total. The Bertz CT molecular complexity index is 197.